The van der Waals surface area contributed by atoms with Gasteiger partial charge in [-0.2, -0.15) is 13.2 Å². The van der Waals surface area contributed by atoms with E-state index < -0.39 is 17.5 Å². The van der Waals surface area contributed by atoms with E-state index in [9.17, 15) is 18.3 Å². The third-order valence-electron chi connectivity index (χ3n) is 4.79. The van der Waals surface area contributed by atoms with Crippen molar-refractivity contribution in [2.45, 2.75) is 25.1 Å². The fourth-order valence-corrected chi connectivity index (χ4v) is 3.40. The first-order valence-electron chi connectivity index (χ1n) is 8.38. The Morgan fingerprint density at radius 3 is 2.46 bits per heavy atom. The van der Waals surface area contributed by atoms with Crippen LogP contribution in [0.2, 0.25) is 0 Å². The highest BCUT2D eigenvalue weighted by Crippen LogP contribution is 2.38. The van der Waals surface area contributed by atoms with Crippen molar-refractivity contribution in [1.29, 1.82) is 0 Å². The van der Waals surface area contributed by atoms with Gasteiger partial charge in [-0.3, -0.25) is 0 Å². The Balaban J connectivity index is 1.78. The highest BCUT2D eigenvalue weighted by Gasteiger charge is 2.34. The number of phenols is 1. The van der Waals surface area contributed by atoms with Gasteiger partial charge in [-0.15, -0.1) is 0 Å². The SMILES string of the molecule is Oc1ccc(-c2ccc3ncn(C4CCOCC4)c3c2)cc1C(F)(F)F. The molecule has 1 aliphatic heterocycles. The van der Waals surface area contributed by atoms with Crippen molar-refractivity contribution >= 4 is 11.0 Å². The second kappa shape index (κ2) is 6.32. The molecule has 1 saturated heterocycles. The molecule has 7 heteroatoms. The van der Waals surface area contributed by atoms with Crippen LogP contribution < -0.4 is 0 Å². The number of hydrogen-bond acceptors (Lipinski definition) is 3. The van der Waals surface area contributed by atoms with Crippen molar-refractivity contribution in [2.75, 3.05) is 13.2 Å². The minimum Gasteiger partial charge on any atom is -0.507 e. The maximum Gasteiger partial charge on any atom is 0.419 e. The molecule has 0 atom stereocenters. The molecule has 2 heterocycles. The molecule has 4 rings (SSSR count). The van der Waals surface area contributed by atoms with E-state index in [1.54, 1.807) is 18.5 Å². The Kier molecular flexibility index (Phi) is 4.11. The number of phenolic OH excluding ortho intramolecular Hbond substituents is 1. The zero-order chi connectivity index (χ0) is 18.3. The first-order valence-corrected chi connectivity index (χ1v) is 8.38. The topological polar surface area (TPSA) is 47.3 Å². The molecule has 2 aromatic carbocycles. The summed E-state index contributed by atoms with van der Waals surface area (Å²) in [5, 5.41) is 9.52. The molecule has 0 saturated carbocycles. The van der Waals surface area contributed by atoms with Gasteiger partial charge >= 0.3 is 6.18 Å². The molecule has 0 unspecified atom stereocenters. The van der Waals surface area contributed by atoms with Gasteiger partial charge in [0.2, 0.25) is 0 Å². The van der Waals surface area contributed by atoms with Gasteiger partial charge in [-0.1, -0.05) is 12.1 Å². The Labute approximate surface area is 147 Å². The lowest BCUT2D eigenvalue weighted by Crippen LogP contribution is -2.18. The van der Waals surface area contributed by atoms with E-state index in [1.807, 2.05) is 6.07 Å². The van der Waals surface area contributed by atoms with Gasteiger partial charge in [-0.25, -0.2) is 4.98 Å². The number of nitrogens with zero attached hydrogens (tertiary/aromatic N) is 2. The van der Waals surface area contributed by atoms with Crippen LogP contribution in [-0.2, 0) is 10.9 Å². The number of rotatable bonds is 2. The molecule has 0 aliphatic carbocycles. The Hall–Kier alpha value is -2.54. The molecule has 1 aromatic heterocycles. The van der Waals surface area contributed by atoms with Crippen LogP contribution in [0.3, 0.4) is 0 Å². The Bertz CT molecular complexity index is 944. The predicted octanol–water partition coefficient (Wildman–Crippen LogP) is 4.78. The van der Waals surface area contributed by atoms with Crippen LogP contribution in [0.25, 0.3) is 22.2 Å². The number of benzene rings is 2. The van der Waals surface area contributed by atoms with Gasteiger partial charge in [0, 0.05) is 19.3 Å². The van der Waals surface area contributed by atoms with Gasteiger partial charge in [0.25, 0.3) is 0 Å². The van der Waals surface area contributed by atoms with Gasteiger partial charge in [0.05, 0.1) is 22.9 Å². The third kappa shape index (κ3) is 3.03. The fourth-order valence-electron chi connectivity index (χ4n) is 3.40. The third-order valence-corrected chi connectivity index (χ3v) is 4.79. The lowest BCUT2D eigenvalue weighted by molar-refractivity contribution is -0.138. The van der Waals surface area contributed by atoms with Gasteiger partial charge in [-0.05, 0) is 48.2 Å². The Morgan fingerprint density at radius 1 is 1.04 bits per heavy atom. The fraction of sp³-hybridized carbons (Fsp3) is 0.316. The van der Waals surface area contributed by atoms with Gasteiger partial charge in [0.1, 0.15) is 5.75 Å². The first kappa shape index (κ1) is 16.9. The number of hydrogen-bond donors (Lipinski definition) is 1. The number of ether oxygens (including phenoxy) is 1. The maximum atomic E-state index is 13.1. The summed E-state index contributed by atoms with van der Waals surface area (Å²) >= 11 is 0. The number of aromatic nitrogens is 2. The van der Waals surface area contributed by atoms with Crippen molar-refractivity contribution < 1.29 is 23.0 Å². The van der Waals surface area contributed by atoms with Crippen LogP contribution in [0, 0.1) is 0 Å². The molecule has 0 amide bonds. The summed E-state index contributed by atoms with van der Waals surface area (Å²) in [6.07, 6.45) is -1.06. The van der Waals surface area contributed by atoms with Crippen LogP contribution in [-0.4, -0.2) is 27.9 Å². The van der Waals surface area contributed by atoms with Crippen LogP contribution >= 0.6 is 0 Å². The molecule has 1 aliphatic rings. The van der Waals surface area contributed by atoms with Crippen molar-refractivity contribution in [3.8, 4) is 16.9 Å². The number of aromatic hydroxyl groups is 1. The highest BCUT2D eigenvalue weighted by atomic mass is 19.4. The minimum atomic E-state index is -4.60. The monoisotopic (exact) mass is 362 g/mol. The quantitative estimate of drug-likeness (QED) is 0.714. The largest absolute Gasteiger partial charge is 0.507 e. The summed E-state index contributed by atoms with van der Waals surface area (Å²) in [7, 11) is 0. The molecule has 0 radical (unpaired) electrons. The molecule has 3 aromatic rings. The van der Waals surface area contributed by atoms with E-state index >= 15 is 0 Å². The number of alkyl halides is 3. The Morgan fingerprint density at radius 2 is 1.73 bits per heavy atom. The van der Waals surface area contributed by atoms with E-state index in [0.717, 1.165) is 36.0 Å². The summed E-state index contributed by atoms with van der Waals surface area (Å²) in [5.74, 6) is -0.769. The van der Waals surface area contributed by atoms with Crippen molar-refractivity contribution in [3.05, 3.63) is 48.3 Å². The van der Waals surface area contributed by atoms with E-state index in [2.05, 4.69) is 9.55 Å². The molecule has 1 fully saturated rings. The smallest absolute Gasteiger partial charge is 0.419 e. The summed E-state index contributed by atoms with van der Waals surface area (Å²) < 4.78 is 46.7. The highest BCUT2D eigenvalue weighted by molar-refractivity contribution is 5.82. The van der Waals surface area contributed by atoms with Crippen LogP contribution in [0.5, 0.6) is 5.75 Å². The number of fused-ring (bicyclic) bond motifs is 1. The van der Waals surface area contributed by atoms with E-state index in [0.29, 0.717) is 24.3 Å². The molecule has 1 N–H and O–H groups in total. The molecule has 0 spiro atoms. The average molecular weight is 362 g/mol. The zero-order valence-corrected chi connectivity index (χ0v) is 13.8. The molecular formula is C19H17F3N2O2. The summed E-state index contributed by atoms with van der Waals surface area (Å²) in [5.41, 5.74) is 1.70. The van der Waals surface area contributed by atoms with E-state index in [1.165, 1.54) is 6.07 Å². The summed E-state index contributed by atoms with van der Waals surface area (Å²) in [6.45, 7) is 1.38. The van der Waals surface area contributed by atoms with E-state index in [-0.39, 0.29) is 6.04 Å². The van der Waals surface area contributed by atoms with Crippen molar-refractivity contribution in [3.63, 3.8) is 0 Å². The number of halogens is 3. The lowest BCUT2D eigenvalue weighted by Gasteiger charge is -2.24. The molecular weight excluding hydrogens is 345 g/mol. The standard InChI is InChI=1S/C19H17F3N2O2/c20-19(21,22)15-9-12(2-4-18(15)25)13-1-3-16-17(10-13)24(11-23-16)14-5-7-26-8-6-14/h1-4,9-11,14,25H,5-8H2. The van der Waals surface area contributed by atoms with Gasteiger partial charge in [0.15, 0.2) is 0 Å². The molecule has 0 bridgehead atoms. The molecule has 136 valence electrons. The second-order valence-corrected chi connectivity index (χ2v) is 6.43. The van der Waals surface area contributed by atoms with E-state index in [4.69, 9.17) is 4.74 Å². The van der Waals surface area contributed by atoms with Crippen LogP contribution in [0.4, 0.5) is 13.2 Å². The van der Waals surface area contributed by atoms with Crippen LogP contribution in [0.1, 0.15) is 24.4 Å². The van der Waals surface area contributed by atoms with Gasteiger partial charge < -0.3 is 14.4 Å². The summed E-state index contributed by atoms with van der Waals surface area (Å²) in [4.78, 5) is 4.40. The maximum absolute atomic E-state index is 13.1. The first-order chi connectivity index (χ1) is 12.4. The lowest BCUT2D eigenvalue weighted by atomic mass is 10.0. The second-order valence-electron chi connectivity index (χ2n) is 6.43. The van der Waals surface area contributed by atoms with Crippen LogP contribution in [0.15, 0.2) is 42.7 Å². The number of imidazole rings is 1. The molecule has 4 nitrogen and oxygen atoms in total. The minimum absolute atomic E-state index is 0.273. The van der Waals surface area contributed by atoms with Crippen molar-refractivity contribution in [1.82, 2.24) is 9.55 Å². The normalized spacial score (nSPS) is 16.3. The molecule has 26 heavy (non-hydrogen) atoms. The zero-order valence-electron chi connectivity index (χ0n) is 13.8. The predicted molar refractivity (Wildman–Crippen MR) is 90.9 cm³/mol. The summed E-state index contributed by atoms with van der Waals surface area (Å²) in [6, 6.07) is 9.22. The van der Waals surface area contributed by atoms with Crippen molar-refractivity contribution in [2.24, 2.45) is 0 Å². The average Bonchev–Trinajstić information content (AvgIpc) is 3.05.